The minimum absolute atomic E-state index is 0.0441. The molecule has 2 atom stereocenters. The maximum atomic E-state index is 6.78. The molecule has 0 spiro atoms. The molecule has 7 heteroatoms. The molecular weight excluding hydrogens is 726 g/mol. The number of pyridine rings is 1. The number of para-hydroxylation sites is 2. The van der Waals surface area contributed by atoms with Crippen molar-refractivity contribution in [2.75, 3.05) is 31.6 Å². The van der Waals surface area contributed by atoms with E-state index in [0.717, 1.165) is 46.4 Å². The SMILES string of the molecule is Cc1ccnc(N2CC3CN(C)CCC3c3ccc(Oc4cc(-n5[c](=[Pt])n(C)c6ccccc65)cc(C(C)(C)C)c4)cc32)c1. The second-order valence-electron chi connectivity index (χ2n) is 13.6. The average Bonchev–Trinajstić information content (AvgIpc) is 3.25. The van der Waals surface area contributed by atoms with Crippen LogP contribution in [0.3, 0.4) is 0 Å². The number of anilines is 2. The molecule has 0 aliphatic carbocycles. The third-order valence-corrected chi connectivity index (χ3v) is 10.7. The van der Waals surface area contributed by atoms with Crippen molar-refractivity contribution in [1.82, 2.24) is 19.0 Å². The van der Waals surface area contributed by atoms with E-state index in [9.17, 15) is 0 Å². The average molecular weight is 767 g/mol. The van der Waals surface area contributed by atoms with Gasteiger partial charge in [0.25, 0.3) is 0 Å². The summed E-state index contributed by atoms with van der Waals surface area (Å²) in [5.41, 5.74) is 8.53. The molecule has 1 fully saturated rings. The van der Waals surface area contributed by atoms with Crippen molar-refractivity contribution < 1.29 is 24.1 Å². The van der Waals surface area contributed by atoms with Crippen LogP contribution in [0, 0.1) is 16.6 Å². The Morgan fingerprint density at radius 1 is 0.886 bits per heavy atom. The van der Waals surface area contributed by atoms with Crippen molar-refractivity contribution in [3.8, 4) is 17.2 Å². The number of aromatic nitrogens is 3. The molecule has 2 aliphatic rings. The molecule has 0 radical (unpaired) electrons. The fourth-order valence-electron chi connectivity index (χ4n) is 7.01. The Kier molecular flexibility index (Phi) is 7.42. The number of rotatable bonds is 4. The molecule has 4 heterocycles. The van der Waals surface area contributed by atoms with Crippen LogP contribution < -0.4 is 9.64 Å². The molecule has 5 aromatic rings. The number of aryl methyl sites for hydroxylation is 2. The number of fused-ring (bicyclic) bond motifs is 4. The van der Waals surface area contributed by atoms with Crippen molar-refractivity contribution in [2.24, 2.45) is 13.0 Å². The molecular formula is C37H41N5OPt. The first-order chi connectivity index (χ1) is 21.1. The molecule has 0 saturated carbocycles. The zero-order chi connectivity index (χ0) is 30.7. The van der Waals surface area contributed by atoms with E-state index in [1.54, 1.807) is 0 Å². The summed E-state index contributed by atoms with van der Waals surface area (Å²) in [4.78, 5) is 9.71. The number of benzene rings is 3. The molecule has 44 heavy (non-hydrogen) atoms. The Balaban J connectivity index is 1.32. The Hall–Kier alpha value is -3.47. The van der Waals surface area contributed by atoms with Crippen LogP contribution in [0.15, 0.2) is 79.0 Å². The molecule has 2 aliphatic heterocycles. The predicted molar refractivity (Wildman–Crippen MR) is 175 cm³/mol. The standard InChI is InChI=1S/C37H41N5O.Pt/c1-25-13-15-38-36(17-25)41-23-26-22-39(5)16-14-31(26)32-12-11-29(21-35(32)41)43-30-19-27(37(2,3)4)18-28(20-30)42-24-40(6)33-9-7-8-10-34(33)42;/h7-13,15,17-21,26,31H,14,16,22-23H2,1-6H3;. The van der Waals surface area contributed by atoms with Crippen LogP contribution in [-0.2, 0) is 31.8 Å². The molecule has 230 valence electrons. The van der Waals surface area contributed by atoms with Crippen molar-refractivity contribution in [3.05, 3.63) is 99.5 Å². The van der Waals surface area contributed by atoms with Crippen LogP contribution in [0.25, 0.3) is 16.7 Å². The molecule has 1 saturated heterocycles. The third kappa shape index (κ3) is 5.26. The van der Waals surface area contributed by atoms with Gasteiger partial charge < -0.3 is 4.90 Å². The Bertz CT molecular complexity index is 1930. The summed E-state index contributed by atoms with van der Waals surface area (Å²) in [5, 5.41) is 0. The summed E-state index contributed by atoms with van der Waals surface area (Å²) < 4.78 is 12.5. The van der Waals surface area contributed by atoms with Gasteiger partial charge in [-0.3, -0.25) is 0 Å². The first-order valence-electron chi connectivity index (χ1n) is 15.6. The summed E-state index contributed by atoms with van der Waals surface area (Å²) >= 11 is 2.43. The molecule has 2 aromatic heterocycles. The van der Waals surface area contributed by atoms with Gasteiger partial charge in [-0.15, -0.1) is 0 Å². The predicted octanol–water partition coefficient (Wildman–Crippen LogP) is 8.03. The van der Waals surface area contributed by atoms with Crippen LogP contribution >= 0.6 is 0 Å². The van der Waals surface area contributed by atoms with Crippen LogP contribution in [0.4, 0.5) is 11.5 Å². The van der Waals surface area contributed by atoms with Gasteiger partial charge in [-0.25, -0.2) is 0 Å². The van der Waals surface area contributed by atoms with Crippen molar-refractivity contribution in [2.45, 2.75) is 45.4 Å². The van der Waals surface area contributed by atoms with Gasteiger partial charge in [-0.05, 0) is 32.1 Å². The molecule has 0 bridgehead atoms. The van der Waals surface area contributed by atoms with Gasteiger partial charge in [0.05, 0.1) is 0 Å². The van der Waals surface area contributed by atoms with Gasteiger partial charge in [0, 0.05) is 12.7 Å². The summed E-state index contributed by atoms with van der Waals surface area (Å²) in [5.74, 6) is 3.83. The maximum absolute atomic E-state index is 6.78. The van der Waals surface area contributed by atoms with E-state index in [1.807, 2.05) is 6.20 Å². The molecule has 7 rings (SSSR count). The first-order valence-corrected chi connectivity index (χ1v) is 16.7. The van der Waals surface area contributed by atoms with Crippen LogP contribution in [-0.4, -0.2) is 45.7 Å². The fourth-order valence-corrected chi connectivity index (χ4v) is 7.85. The van der Waals surface area contributed by atoms with Crippen LogP contribution in [0.2, 0.25) is 0 Å². The molecule has 0 amide bonds. The van der Waals surface area contributed by atoms with Gasteiger partial charge in [0.2, 0.25) is 0 Å². The fraction of sp³-hybridized carbons (Fsp3) is 0.351. The van der Waals surface area contributed by atoms with E-state index >= 15 is 0 Å². The number of nitrogens with zero attached hydrogens (tertiary/aromatic N) is 5. The van der Waals surface area contributed by atoms with E-state index in [1.165, 1.54) is 39.8 Å². The molecule has 2 unspecified atom stereocenters. The third-order valence-electron chi connectivity index (χ3n) is 9.39. The van der Waals surface area contributed by atoms with Crippen LogP contribution in [0.5, 0.6) is 11.5 Å². The van der Waals surface area contributed by atoms with E-state index in [4.69, 9.17) is 9.72 Å². The number of ether oxygens (including phenoxy) is 1. The van der Waals surface area contributed by atoms with Gasteiger partial charge in [-0.2, -0.15) is 0 Å². The van der Waals surface area contributed by atoms with E-state index in [-0.39, 0.29) is 5.41 Å². The zero-order valence-electron chi connectivity index (χ0n) is 26.4. The number of hydrogen-bond acceptors (Lipinski definition) is 4. The minimum atomic E-state index is -0.0441. The van der Waals surface area contributed by atoms with Crippen molar-refractivity contribution in [1.29, 1.82) is 0 Å². The van der Waals surface area contributed by atoms with Crippen molar-refractivity contribution >= 4 is 22.5 Å². The Labute approximate surface area is 271 Å². The van der Waals surface area contributed by atoms with Crippen LogP contribution in [0.1, 0.15) is 49.8 Å². The normalized spacial score (nSPS) is 18.8. The Morgan fingerprint density at radius 2 is 1.68 bits per heavy atom. The zero-order valence-corrected chi connectivity index (χ0v) is 28.7. The Morgan fingerprint density at radius 3 is 2.45 bits per heavy atom. The van der Waals surface area contributed by atoms with E-state index in [0.29, 0.717) is 11.8 Å². The van der Waals surface area contributed by atoms with Crippen molar-refractivity contribution in [3.63, 3.8) is 0 Å². The second kappa shape index (κ2) is 11.2. The number of likely N-dealkylation sites (tertiary alicyclic amines) is 1. The number of piperidine rings is 1. The van der Waals surface area contributed by atoms with E-state index in [2.05, 4.69) is 153 Å². The van der Waals surface area contributed by atoms with E-state index < -0.39 is 0 Å². The number of imidazole rings is 1. The summed E-state index contributed by atoms with van der Waals surface area (Å²) in [7, 11) is 4.37. The first kappa shape index (κ1) is 29.3. The molecule has 6 nitrogen and oxygen atoms in total. The molecule has 0 N–H and O–H groups in total. The topological polar surface area (TPSA) is 38.5 Å². The monoisotopic (exact) mass is 766 g/mol. The quantitative estimate of drug-likeness (QED) is 0.186. The number of hydrogen-bond donors (Lipinski definition) is 0. The molecule has 3 aromatic carbocycles. The van der Waals surface area contributed by atoms with Gasteiger partial charge in [0.15, 0.2) is 0 Å². The van der Waals surface area contributed by atoms with Gasteiger partial charge in [0.1, 0.15) is 0 Å². The summed E-state index contributed by atoms with van der Waals surface area (Å²) in [6.07, 6.45) is 3.11. The van der Waals surface area contributed by atoms with Gasteiger partial charge in [-0.1, -0.05) is 0 Å². The summed E-state index contributed by atoms with van der Waals surface area (Å²) in [6, 6.07) is 26.3. The summed E-state index contributed by atoms with van der Waals surface area (Å²) in [6.45, 7) is 12.1. The second-order valence-corrected chi connectivity index (χ2v) is 14.6. The van der Waals surface area contributed by atoms with Gasteiger partial charge >= 0.3 is 223 Å².